The van der Waals surface area contributed by atoms with Crippen molar-refractivity contribution in [3.05, 3.63) is 40.9 Å². The van der Waals surface area contributed by atoms with Crippen molar-refractivity contribution in [1.29, 1.82) is 0 Å². The standard InChI is InChI=1S/C15H23BrN2O2S/c1-5-9-18(6-2)21(19,20)15-10-13(7-8-14(15)16)11-17-12(3)4/h5,7-8,10,12,17H,1,6,9,11H2,2-4H3. The lowest BCUT2D eigenvalue weighted by atomic mass is 10.2. The van der Waals surface area contributed by atoms with E-state index < -0.39 is 10.0 Å². The van der Waals surface area contributed by atoms with Gasteiger partial charge in [-0.3, -0.25) is 0 Å². The smallest absolute Gasteiger partial charge is 0.244 e. The Morgan fingerprint density at radius 1 is 1.43 bits per heavy atom. The lowest BCUT2D eigenvalue weighted by Gasteiger charge is -2.20. The number of nitrogens with one attached hydrogen (secondary N) is 1. The Hall–Kier alpha value is -0.690. The van der Waals surface area contributed by atoms with E-state index in [1.807, 2.05) is 13.0 Å². The fourth-order valence-corrected chi connectivity index (χ4v) is 4.25. The molecule has 0 aromatic heterocycles. The molecule has 0 heterocycles. The Balaban J connectivity index is 3.15. The number of sulfonamides is 1. The first-order chi connectivity index (χ1) is 9.82. The molecule has 1 aromatic carbocycles. The van der Waals surface area contributed by atoms with Crippen molar-refractivity contribution in [2.45, 2.75) is 38.3 Å². The topological polar surface area (TPSA) is 49.4 Å². The maximum atomic E-state index is 12.7. The van der Waals surface area contributed by atoms with Crippen LogP contribution in [0.1, 0.15) is 26.3 Å². The Morgan fingerprint density at radius 2 is 2.10 bits per heavy atom. The number of nitrogens with zero attached hydrogens (tertiary/aromatic N) is 1. The van der Waals surface area contributed by atoms with Crippen LogP contribution >= 0.6 is 15.9 Å². The van der Waals surface area contributed by atoms with Gasteiger partial charge in [0.25, 0.3) is 0 Å². The van der Waals surface area contributed by atoms with Gasteiger partial charge in [0, 0.05) is 30.1 Å². The van der Waals surface area contributed by atoms with Crippen LogP contribution in [-0.2, 0) is 16.6 Å². The average molecular weight is 375 g/mol. The van der Waals surface area contributed by atoms with Gasteiger partial charge in [0.1, 0.15) is 0 Å². The maximum Gasteiger partial charge on any atom is 0.244 e. The van der Waals surface area contributed by atoms with Gasteiger partial charge >= 0.3 is 0 Å². The Labute approximate surface area is 136 Å². The fourth-order valence-electron chi connectivity index (χ4n) is 1.86. The minimum atomic E-state index is -3.52. The number of hydrogen-bond donors (Lipinski definition) is 1. The van der Waals surface area contributed by atoms with Crippen molar-refractivity contribution in [3.8, 4) is 0 Å². The Bertz CT molecular complexity index is 585. The second-order valence-electron chi connectivity index (χ2n) is 5.04. The minimum Gasteiger partial charge on any atom is -0.310 e. The molecular weight excluding hydrogens is 352 g/mol. The van der Waals surface area contributed by atoms with Gasteiger partial charge in [-0.15, -0.1) is 6.58 Å². The third-order valence-corrected chi connectivity index (χ3v) is 5.95. The molecule has 0 spiro atoms. The summed E-state index contributed by atoms with van der Waals surface area (Å²) in [6.07, 6.45) is 1.60. The summed E-state index contributed by atoms with van der Waals surface area (Å²) in [5.74, 6) is 0. The molecular formula is C15H23BrN2O2S. The number of halogens is 1. The average Bonchev–Trinajstić information content (AvgIpc) is 2.43. The van der Waals surface area contributed by atoms with Gasteiger partial charge in [-0.25, -0.2) is 8.42 Å². The van der Waals surface area contributed by atoms with E-state index in [9.17, 15) is 8.42 Å². The summed E-state index contributed by atoms with van der Waals surface area (Å²) in [6.45, 7) is 10.9. The van der Waals surface area contributed by atoms with E-state index in [0.29, 0.717) is 35.0 Å². The van der Waals surface area contributed by atoms with E-state index in [0.717, 1.165) is 5.56 Å². The molecule has 0 aliphatic heterocycles. The normalized spacial score (nSPS) is 12.1. The molecule has 1 aromatic rings. The molecule has 0 amide bonds. The number of benzene rings is 1. The van der Waals surface area contributed by atoms with E-state index >= 15 is 0 Å². The Morgan fingerprint density at radius 3 is 2.62 bits per heavy atom. The first-order valence-corrected chi connectivity index (χ1v) is 9.19. The van der Waals surface area contributed by atoms with Crippen LogP contribution in [-0.4, -0.2) is 31.9 Å². The second kappa shape index (κ2) is 8.08. The maximum absolute atomic E-state index is 12.7. The molecule has 4 nitrogen and oxygen atoms in total. The Kier molecular flexibility index (Phi) is 7.06. The van der Waals surface area contributed by atoms with Crippen LogP contribution in [0, 0.1) is 0 Å². The summed E-state index contributed by atoms with van der Waals surface area (Å²) in [5, 5.41) is 3.29. The molecule has 0 radical (unpaired) electrons. The number of rotatable bonds is 8. The van der Waals surface area contributed by atoms with Gasteiger partial charge in [0.05, 0.1) is 4.90 Å². The first-order valence-electron chi connectivity index (χ1n) is 6.95. The van der Waals surface area contributed by atoms with Crippen LogP contribution < -0.4 is 5.32 Å². The number of hydrogen-bond acceptors (Lipinski definition) is 3. The second-order valence-corrected chi connectivity index (χ2v) is 7.81. The lowest BCUT2D eigenvalue weighted by Crippen LogP contribution is -2.31. The summed E-state index contributed by atoms with van der Waals surface area (Å²) in [4.78, 5) is 0.300. The van der Waals surface area contributed by atoms with Crippen molar-refractivity contribution in [3.63, 3.8) is 0 Å². The van der Waals surface area contributed by atoms with Crippen molar-refractivity contribution < 1.29 is 8.42 Å². The molecule has 1 N–H and O–H groups in total. The van der Waals surface area contributed by atoms with E-state index in [4.69, 9.17) is 0 Å². The quantitative estimate of drug-likeness (QED) is 0.711. The van der Waals surface area contributed by atoms with Gasteiger partial charge in [0.15, 0.2) is 0 Å². The van der Waals surface area contributed by atoms with Crippen LogP contribution in [0.25, 0.3) is 0 Å². The highest BCUT2D eigenvalue weighted by Gasteiger charge is 2.24. The highest BCUT2D eigenvalue weighted by atomic mass is 79.9. The zero-order chi connectivity index (χ0) is 16.0. The monoisotopic (exact) mass is 374 g/mol. The van der Waals surface area contributed by atoms with Gasteiger partial charge in [-0.2, -0.15) is 4.31 Å². The highest BCUT2D eigenvalue weighted by molar-refractivity contribution is 9.10. The molecule has 1 rings (SSSR count). The summed E-state index contributed by atoms with van der Waals surface area (Å²) in [5.41, 5.74) is 0.945. The molecule has 0 aliphatic carbocycles. The third kappa shape index (κ3) is 4.92. The van der Waals surface area contributed by atoms with E-state index in [-0.39, 0.29) is 0 Å². The first kappa shape index (κ1) is 18.4. The highest BCUT2D eigenvalue weighted by Crippen LogP contribution is 2.26. The van der Waals surface area contributed by atoms with E-state index in [1.165, 1.54) is 4.31 Å². The minimum absolute atomic E-state index is 0.300. The fraction of sp³-hybridized carbons (Fsp3) is 0.467. The predicted molar refractivity (Wildman–Crippen MR) is 90.7 cm³/mol. The zero-order valence-corrected chi connectivity index (χ0v) is 15.2. The van der Waals surface area contributed by atoms with Gasteiger partial charge in [-0.1, -0.05) is 32.9 Å². The molecule has 0 unspecified atom stereocenters. The van der Waals surface area contributed by atoms with Crippen LogP contribution in [0.2, 0.25) is 0 Å². The van der Waals surface area contributed by atoms with Crippen molar-refractivity contribution in [2.75, 3.05) is 13.1 Å². The van der Waals surface area contributed by atoms with Crippen molar-refractivity contribution >= 4 is 26.0 Å². The molecule has 0 bridgehead atoms. The van der Waals surface area contributed by atoms with Crippen LogP contribution in [0.5, 0.6) is 0 Å². The summed E-state index contributed by atoms with van der Waals surface area (Å²) in [7, 11) is -3.52. The van der Waals surface area contributed by atoms with Crippen LogP contribution in [0.4, 0.5) is 0 Å². The lowest BCUT2D eigenvalue weighted by molar-refractivity contribution is 0.459. The summed E-state index contributed by atoms with van der Waals surface area (Å²) < 4.78 is 27.4. The van der Waals surface area contributed by atoms with E-state index in [1.54, 1.807) is 18.2 Å². The SMILES string of the molecule is C=CCN(CC)S(=O)(=O)c1cc(CNC(C)C)ccc1Br. The van der Waals surface area contributed by atoms with Gasteiger partial charge < -0.3 is 5.32 Å². The molecule has 118 valence electrons. The molecule has 0 saturated carbocycles. The molecule has 6 heteroatoms. The molecule has 0 saturated heterocycles. The van der Waals surface area contributed by atoms with Crippen LogP contribution in [0.3, 0.4) is 0 Å². The van der Waals surface area contributed by atoms with E-state index in [2.05, 4.69) is 41.7 Å². The molecule has 0 atom stereocenters. The van der Waals surface area contributed by atoms with Gasteiger partial charge in [0.2, 0.25) is 10.0 Å². The largest absolute Gasteiger partial charge is 0.310 e. The zero-order valence-electron chi connectivity index (χ0n) is 12.8. The summed E-state index contributed by atoms with van der Waals surface area (Å²) >= 11 is 3.34. The third-order valence-electron chi connectivity index (χ3n) is 3.01. The van der Waals surface area contributed by atoms with Crippen molar-refractivity contribution in [2.24, 2.45) is 0 Å². The predicted octanol–water partition coefficient (Wildman–Crippen LogP) is 3.14. The number of likely N-dealkylation sites (N-methyl/N-ethyl adjacent to an activating group) is 1. The van der Waals surface area contributed by atoms with Crippen LogP contribution in [0.15, 0.2) is 40.2 Å². The molecule has 0 aliphatic rings. The summed E-state index contributed by atoms with van der Waals surface area (Å²) in [6, 6.07) is 5.77. The molecule has 21 heavy (non-hydrogen) atoms. The van der Waals surface area contributed by atoms with Crippen molar-refractivity contribution in [1.82, 2.24) is 9.62 Å². The molecule has 0 fully saturated rings. The van der Waals surface area contributed by atoms with Gasteiger partial charge in [-0.05, 0) is 33.6 Å².